The van der Waals surface area contributed by atoms with Gasteiger partial charge in [0.05, 0.1) is 29.0 Å². The molecule has 1 aliphatic rings. The Morgan fingerprint density at radius 3 is 2.68 bits per heavy atom. The van der Waals surface area contributed by atoms with Crippen molar-refractivity contribution in [2.45, 2.75) is 37.5 Å². The lowest BCUT2D eigenvalue weighted by atomic mass is 9.78. The highest BCUT2D eigenvalue weighted by atomic mass is 16.3. The van der Waals surface area contributed by atoms with Crippen molar-refractivity contribution in [3.63, 3.8) is 0 Å². The van der Waals surface area contributed by atoms with Gasteiger partial charge in [0.2, 0.25) is 0 Å². The number of nitriles is 1. The normalized spacial score (nSPS) is 28.3. The largest absolute Gasteiger partial charge is 0.385 e. The van der Waals surface area contributed by atoms with Crippen LogP contribution in [-0.4, -0.2) is 26.1 Å². The Bertz CT molecular complexity index is 702. The maximum atomic E-state index is 11.1. The van der Waals surface area contributed by atoms with Crippen molar-refractivity contribution in [1.82, 2.24) is 20.3 Å². The summed E-state index contributed by atoms with van der Waals surface area (Å²) in [4.78, 5) is 0. The number of hydrogen-bond acceptors (Lipinski definition) is 5. The fraction of sp³-hybridized carbons (Fsp3) is 0.438. The van der Waals surface area contributed by atoms with Gasteiger partial charge in [-0.25, -0.2) is 0 Å². The molecule has 0 amide bonds. The molecule has 22 heavy (non-hydrogen) atoms. The Labute approximate surface area is 129 Å². The number of nitrogens with one attached hydrogen (secondary N) is 1. The maximum absolute atomic E-state index is 11.1. The smallest absolute Gasteiger partial charge is 0.0997 e. The first-order valence-electron chi connectivity index (χ1n) is 7.35. The lowest BCUT2D eigenvalue weighted by Gasteiger charge is -2.40. The first kappa shape index (κ1) is 14.7. The summed E-state index contributed by atoms with van der Waals surface area (Å²) in [5.41, 5.74) is 1.34. The molecule has 0 bridgehead atoms. The van der Waals surface area contributed by atoms with E-state index in [0.717, 1.165) is 11.3 Å². The molecule has 1 fully saturated rings. The van der Waals surface area contributed by atoms with Crippen LogP contribution in [0, 0.1) is 11.3 Å². The second-order valence-corrected chi connectivity index (χ2v) is 6.07. The molecule has 114 valence electrons. The summed E-state index contributed by atoms with van der Waals surface area (Å²) in [6.45, 7) is 2.05. The monoisotopic (exact) mass is 297 g/mol. The van der Waals surface area contributed by atoms with Crippen molar-refractivity contribution >= 4 is 0 Å². The van der Waals surface area contributed by atoms with Gasteiger partial charge in [0.15, 0.2) is 0 Å². The third-order valence-corrected chi connectivity index (χ3v) is 4.20. The zero-order valence-corrected chi connectivity index (χ0v) is 12.7. The van der Waals surface area contributed by atoms with E-state index in [-0.39, 0.29) is 12.1 Å². The third-order valence-electron chi connectivity index (χ3n) is 4.20. The van der Waals surface area contributed by atoms with Crippen LogP contribution in [0.5, 0.6) is 0 Å². The first-order chi connectivity index (χ1) is 10.5. The highest BCUT2D eigenvalue weighted by molar-refractivity contribution is 5.34. The minimum absolute atomic E-state index is 0.0434. The SMILES string of the molecule is C[C@H]1C[C@@](O)(c2ccc(C#N)cc2)C[C@@H](c2cn(C)nn2)N1. The van der Waals surface area contributed by atoms with Crippen molar-refractivity contribution < 1.29 is 5.11 Å². The number of rotatable bonds is 2. The third kappa shape index (κ3) is 2.73. The lowest BCUT2D eigenvalue weighted by molar-refractivity contribution is -0.0235. The number of aliphatic hydroxyl groups is 1. The number of aromatic nitrogens is 3. The van der Waals surface area contributed by atoms with Crippen LogP contribution >= 0.6 is 0 Å². The Morgan fingerprint density at radius 2 is 2.09 bits per heavy atom. The Balaban J connectivity index is 1.89. The molecular weight excluding hydrogens is 278 g/mol. The van der Waals surface area contributed by atoms with Crippen LogP contribution in [0.4, 0.5) is 0 Å². The summed E-state index contributed by atoms with van der Waals surface area (Å²) in [6.07, 6.45) is 3.02. The van der Waals surface area contributed by atoms with Crippen molar-refractivity contribution in [3.8, 4) is 6.07 Å². The fourth-order valence-electron chi connectivity index (χ4n) is 3.19. The van der Waals surface area contributed by atoms with E-state index < -0.39 is 5.60 Å². The molecular formula is C16H19N5O. The zero-order chi connectivity index (χ0) is 15.7. The highest BCUT2D eigenvalue weighted by Gasteiger charge is 2.40. The van der Waals surface area contributed by atoms with E-state index in [2.05, 4.69) is 28.6 Å². The van der Waals surface area contributed by atoms with E-state index in [9.17, 15) is 5.11 Å². The molecule has 1 saturated heterocycles. The Morgan fingerprint density at radius 1 is 1.36 bits per heavy atom. The molecule has 2 heterocycles. The van der Waals surface area contributed by atoms with Gasteiger partial charge in [-0.15, -0.1) is 5.10 Å². The summed E-state index contributed by atoms with van der Waals surface area (Å²) in [5, 5.41) is 31.6. The van der Waals surface area contributed by atoms with Gasteiger partial charge in [-0.3, -0.25) is 4.68 Å². The van der Waals surface area contributed by atoms with Crippen LogP contribution in [0.25, 0.3) is 0 Å². The van der Waals surface area contributed by atoms with E-state index in [0.29, 0.717) is 18.4 Å². The molecule has 6 nitrogen and oxygen atoms in total. The highest BCUT2D eigenvalue weighted by Crippen LogP contribution is 2.39. The summed E-state index contributed by atoms with van der Waals surface area (Å²) in [7, 11) is 1.83. The van der Waals surface area contributed by atoms with Gasteiger partial charge in [0.25, 0.3) is 0 Å². The molecule has 0 aliphatic carbocycles. The van der Waals surface area contributed by atoms with Gasteiger partial charge >= 0.3 is 0 Å². The molecule has 2 aromatic rings. The van der Waals surface area contributed by atoms with E-state index in [1.807, 2.05) is 25.4 Å². The minimum atomic E-state index is -0.930. The summed E-state index contributed by atoms with van der Waals surface area (Å²) in [6, 6.07) is 9.38. The van der Waals surface area contributed by atoms with Gasteiger partial charge in [-0.05, 0) is 31.0 Å². The predicted octanol–water partition coefficient (Wildman–Crippen LogP) is 1.39. The molecule has 0 unspecified atom stereocenters. The predicted molar refractivity (Wildman–Crippen MR) is 80.6 cm³/mol. The van der Waals surface area contributed by atoms with Crippen molar-refractivity contribution in [3.05, 3.63) is 47.3 Å². The minimum Gasteiger partial charge on any atom is -0.385 e. The number of hydrogen-bond donors (Lipinski definition) is 2. The van der Waals surface area contributed by atoms with Gasteiger partial charge < -0.3 is 10.4 Å². The number of piperidine rings is 1. The molecule has 1 aromatic carbocycles. The standard InChI is InChI=1S/C16H19N5O/c1-11-7-16(22,13-5-3-12(9-17)4-6-13)8-14(18-11)15-10-21(2)20-19-15/h3-6,10-11,14,18,22H,7-8H2,1-2H3/t11-,14-,16-/m0/s1. The van der Waals surface area contributed by atoms with Crippen LogP contribution < -0.4 is 5.32 Å². The Kier molecular flexibility index (Phi) is 3.69. The van der Waals surface area contributed by atoms with E-state index in [1.54, 1.807) is 16.8 Å². The zero-order valence-electron chi connectivity index (χ0n) is 12.7. The molecule has 2 N–H and O–H groups in total. The Hall–Kier alpha value is -2.23. The lowest BCUT2D eigenvalue weighted by Crippen LogP contribution is -2.47. The second kappa shape index (κ2) is 5.52. The van der Waals surface area contributed by atoms with Crippen molar-refractivity contribution in [2.75, 3.05) is 0 Å². The molecule has 1 aliphatic heterocycles. The van der Waals surface area contributed by atoms with Gasteiger partial charge in [0.1, 0.15) is 0 Å². The first-order valence-corrected chi connectivity index (χ1v) is 7.35. The van der Waals surface area contributed by atoms with Crippen LogP contribution in [0.15, 0.2) is 30.5 Å². The second-order valence-electron chi connectivity index (χ2n) is 6.07. The maximum Gasteiger partial charge on any atom is 0.0997 e. The summed E-state index contributed by atoms with van der Waals surface area (Å²) in [5.74, 6) is 0. The quantitative estimate of drug-likeness (QED) is 0.874. The number of nitrogens with zero attached hydrogens (tertiary/aromatic N) is 4. The molecule has 0 saturated carbocycles. The van der Waals surface area contributed by atoms with Crippen molar-refractivity contribution in [2.24, 2.45) is 7.05 Å². The van der Waals surface area contributed by atoms with Crippen LogP contribution in [0.3, 0.4) is 0 Å². The van der Waals surface area contributed by atoms with E-state index in [4.69, 9.17) is 5.26 Å². The van der Waals surface area contributed by atoms with Gasteiger partial charge in [-0.1, -0.05) is 17.3 Å². The van der Waals surface area contributed by atoms with Crippen LogP contribution in [0.2, 0.25) is 0 Å². The molecule has 0 radical (unpaired) electrons. The summed E-state index contributed by atoms with van der Waals surface area (Å²) >= 11 is 0. The van der Waals surface area contributed by atoms with Gasteiger partial charge in [-0.2, -0.15) is 5.26 Å². The molecule has 1 aromatic heterocycles. The van der Waals surface area contributed by atoms with Crippen LogP contribution in [0.1, 0.15) is 42.6 Å². The topological polar surface area (TPSA) is 86.8 Å². The molecule has 6 heteroatoms. The fourth-order valence-corrected chi connectivity index (χ4v) is 3.19. The van der Waals surface area contributed by atoms with E-state index >= 15 is 0 Å². The van der Waals surface area contributed by atoms with Crippen LogP contribution in [-0.2, 0) is 12.6 Å². The molecule has 3 rings (SSSR count). The van der Waals surface area contributed by atoms with E-state index in [1.165, 1.54) is 0 Å². The van der Waals surface area contributed by atoms with Crippen molar-refractivity contribution in [1.29, 1.82) is 5.26 Å². The summed E-state index contributed by atoms with van der Waals surface area (Å²) < 4.78 is 1.66. The average molecular weight is 297 g/mol. The number of aryl methyl sites for hydroxylation is 1. The molecule has 3 atom stereocenters. The molecule has 0 spiro atoms. The average Bonchev–Trinajstić information content (AvgIpc) is 2.93. The number of benzene rings is 1. The van der Waals surface area contributed by atoms with Gasteiger partial charge in [0, 0.05) is 25.7 Å².